The number of aromatic amines is 1. The van der Waals surface area contributed by atoms with Crippen molar-refractivity contribution in [3.05, 3.63) is 58.6 Å². The predicted octanol–water partition coefficient (Wildman–Crippen LogP) is 2.72. The molecular weight excluding hydrogens is 450 g/mol. The lowest BCUT2D eigenvalue weighted by Crippen LogP contribution is -2.62. The number of fused-ring (bicyclic) bond motifs is 1. The molecule has 0 radical (unpaired) electrons. The van der Waals surface area contributed by atoms with E-state index in [0.29, 0.717) is 48.7 Å². The van der Waals surface area contributed by atoms with Gasteiger partial charge in [0.1, 0.15) is 5.52 Å². The lowest BCUT2D eigenvalue weighted by molar-refractivity contribution is -0.0211. The second-order valence-corrected chi connectivity index (χ2v) is 11.3. The van der Waals surface area contributed by atoms with Gasteiger partial charge in [0.25, 0.3) is 5.91 Å². The summed E-state index contributed by atoms with van der Waals surface area (Å²) in [5, 5.41) is 11.1. The third-order valence-corrected chi connectivity index (χ3v) is 8.73. The van der Waals surface area contributed by atoms with E-state index in [9.17, 15) is 13.2 Å². The van der Waals surface area contributed by atoms with Gasteiger partial charge in [-0.15, -0.1) is 5.10 Å². The van der Waals surface area contributed by atoms with E-state index in [1.54, 1.807) is 22.5 Å². The summed E-state index contributed by atoms with van der Waals surface area (Å²) in [6, 6.07) is 12.7. The second kappa shape index (κ2) is 8.13. The first-order valence-electron chi connectivity index (χ1n) is 10.7. The SMILES string of the molecule is O=C(c1ccc2[nH]nnc2c1)N1CC2(CCN(S(=O)(=O)CCc3cccc(Cl)c3)CC2)C1. The summed E-state index contributed by atoms with van der Waals surface area (Å²) in [5.41, 5.74) is 3.01. The zero-order chi connectivity index (χ0) is 22.3. The highest BCUT2D eigenvalue weighted by molar-refractivity contribution is 7.89. The summed E-state index contributed by atoms with van der Waals surface area (Å²) in [6.45, 7) is 2.34. The molecule has 0 unspecified atom stereocenters. The van der Waals surface area contributed by atoms with Gasteiger partial charge in [0.05, 0.1) is 11.3 Å². The summed E-state index contributed by atoms with van der Waals surface area (Å²) in [7, 11) is -3.32. The number of piperidine rings is 1. The summed E-state index contributed by atoms with van der Waals surface area (Å²) >= 11 is 6.00. The zero-order valence-corrected chi connectivity index (χ0v) is 19.1. The van der Waals surface area contributed by atoms with Crippen LogP contribution in [0.1, 0.15) is 28.8 Å². The van der Waals surface area contributed by atoms with Crippen LogP contribution in [-0.4, -0.2) is 70.9 Å². The van der Waals surface area contributed by atoms with Crippen molar-refractivity contribution in [3.63, 3.8) is 0 Å². The van der Waals surface area contributed by atoms with Crippen LogP contribution in [-0.2, 0) is 16.4 Å². The molecule has 32 heavy (non-hydrogen) atoms. The molecule has 0 saturated carbocycles. The zero-order valence-electron chi connectivity index (χ0n) is 17.5. The molecule has 2 fully saturated rings. The average molecular weight is 474 g/mol. The maximum absolute atomic E-state index is 12.8. The van der Waals surface area contributed by atoms with Crippen LogP contribution < -0.4 is 0 Å². The first-order valence-corrected chi connectivity index (χ1v) is 12.6. The highest BCUT2D eigenvalue weighted by Crippen LogP contribution is 2.41. The maximum atomic E-state index is 12.8. The van der Waals surface area contributed by atoms with Crippen molar-refractivity contribution >= 4 is 38.6 Å². The monoisotopic (exact) mass is 473 g/mol. The van der Waals surface area contributed by atoms with Crippen molar-refractivity contribution < 1.29 is 13.2 Å². The van der Waals surface area contributed by atoms with Crippen molar-refractivity contribution in [1.82, 2.24) is 24.6 Å². The van der Waals surface area contributed by atoms with E-state index in [1.807, 2.05) is 29.2 Å². The molecule has 3 aromatic rings. The quantitative estimate of drug-likeness (QED) is 0.614. The molecule has 168 valence electrons. The van der Waals surface area contributed by atoms with Crippen molar-refractivity contribution in [3.8, 4) is 0 Å². The van der Waals surface area contributed by atoms with Crippen LogP contribution in [0.3, 0.4) is 0 Å². The number of carbonyl (C=O) groups is 1. The molecule has 8 nitrogen and oxygen atoms in total. The number of amides is 1. The minimum Gasteiger partial charge on any atom is -0.337 e. The van der Waals surface area contributed by atoms with Crippen molar-refractivity contribution in [2.45, 2.75) is 19.3 Å². The van der Waals surface area contributed by atoms with Gasteiger partial charge in [-0.25, -0.2) is 12.7 Å². The highest BCUT2D eigenvalue weighted by Gasteiger charge is 2.48. The molecule has 1 amide bonds. The van der Waals surface area contributed by atoms with E-state index in [2.05, 4.69) is 15.4 Å². The summed E-state index contributed by atoms with van der Waals surface area (Å²) in [4.78, 5) is 14.7. The van der Waals surface area contributed by atoms with Gasteiger partial charge in [0, 0.05) is 42.2 Å². The lowest BCUT2D eigenvalue weighted by Gasteiger charge is -2.53. The van der Waals surface area contributed by atoms with E-state index in [1.165, 1.54) is 0 Å². The average Bonchev–Trinajstić information content (AvgIpc) is 3.24. The summed E-state index contributed by atoms with van der Waals surface area (Å²) in [5.74, 6) is 0.0623. The Labute approximate surface area is 191 Å². The van der Waals surface area contributed by atoms with E-state index < -0.39 is 10.0 Å². The van der Waals surface area contributed by atoms with Crippen molar-refractivity contribution in [2.75, 3.05) is 31.9 Å². The largest absolute Gasteiger partial charge is 0.337 e. The van der Waals surface area contributed by atoms with Crippen LogP contribution in [0.15, 0.2) is 42.5 Å². The number of halogens is 1. The fourth-order valence-corrected chi connectivity index (χ4v) is 6.39. The standard InChI is InChI=1S/C22H24ClN5O3S/c23-18-3-1-2-16(12-18)6-11-32(30,31)28-9-7-22(8-10-28)14-27(15-22)21(29)17-4-5-19-20(13-17)25-26-24-19/h1-5,12-13H,6-11,14-15H2,(H,24,25,26). The minimum atomic E-state index is -3.32. The second-order valence-electron chi connectivity index (χ2n) is 8.80. The molecule has 2 aliphatic rings. The number of likely N-dealkylation sites (tertiary alicyclic amines) is 1. The van der Waals surface area contributed by atoms with Gasteiger partial charge in [0.2, 0.25) is 10.0 Å². The highest BCUT2D eigenvalue weighted by atomic mass is 35.5. The van der Waals surface area contributed by atoms with E-state index in [4.69, 9.17) is 11.6 Å². The van der Waals surface area contributed by atoms with Crippen LogP contribution >= 0.6 is 11.6 Å². The topological polar surface area (TPSA) is 99.3 Å². The lowest BCUT2D eigenvalue weighted by atomic mass is 9.72. The Hall–Kier alpha value is -2.49. The molecule has 1 spiro atoms. The van der Waals surface area contributed by atoms with Gasteiger partial charge < -0.3 is 4.90 Å². The van der Waals surface area contributed by atoms with Gasteiger partial charge >= 0.3 is 0 Å². The van der Waals surface area contributed by atoms with Gasteiger partial charge in [-0.1, -0.05) is 28.9 Å². The Bertz CT molecular complexity index is 1260. The van der Waals surface area contributed by atoms with E-state index >= 15 is 0 Å². The fourth-order valence-electron chi connectivity index (χ4n) is 4.69. The van der Waals surface area contributed by atoms with Crippen LogP contribution in [0.2, 0.25) is 5.02 Å². The number of aromatic nitrogens is 3. The van der Waals surface area contributed by atoms with Crippen LogP contribution in [0.5, 0.6) is 0 Å². The molecule has 1 N–H and O–H groups in total. The van der Waals surface area contributed by atoms with Crippen LogP contribution in [0.4, 0.5) is 0 Å². The molecule has 0 aliphatic carbocycles. The first kappa shape index (κ1) is 21.4. The van der Waals surface area contributed by atoms with Gasteiger partial charge in [-0.05, 0) is 55.2 Å². The predicted molar refractivity (Wildman–Crippen MR) is 122 cm³/mol. The number of nitrogens with zero attached hydrogens (tertiary/aromatic N) is 4. The Kier molecular flexibility index (Phi) is 5.43. The number of nitrogens with one attached hydrogen (secondary N) is 1. The smallest absolute Gasteiger partial charge is 0.253 e. The van der Waals surface area contributed by atoms with E-state index in [0.717, 1.165) is 23.9 Å². The van der Waals surface area contributed by atoms with Gasteiger partial charge in [-0.2, -0.15) is 0 Å². The molecule has 2 aliphatic heterocycles. The fraction of sp³-hybridized carbons (Fsp3) is 0.409. The van der Waals surface area contributed by atoms with Crippen molar-refractivity contribution in [2.24, 2.45) is 5.41 Å². The molecule has 10 heteroatoms. The molecule has 1 aromatic heterocycles. The number of H-pyrrole nitrogens is 1. The number of sulfonamides is 1. The Morgan fingerprint density at radius 2 is 1.91 bits per heavy atom. The minimum absolute atomic E-state index is 0.0166. The van der Waals surface area contributed by atoms with Crippen LogP contribution in [0, 0.1) is 5.41 Å². The number of hydrogen-bond acceptors (Lipinski definition) is 5. The molecule has 0 atom stereocenters. The maximum Gasteiger partial charge on any atom is 0.253 e. The molecule has 2 aromatic carbocycles. The van der Waals surface area contributed by atoms with E-state index in [-0.39, 0.29) is 17.1 Å². The molecular formula is C22H24ClN5O3S. The Morgan fingerprint density at radius 3 is 2.66 bits per heavy atom. The number of hydrogen-bond donors (Lipinski definition) is 1. The Balaban J connectivity index is 1.15. The van der Waals surface area contributed by atoms with Gasteiger partial charge in [-0.3, -0.25) is 9.89 Å². The summed E-state index contributed by atoms with van der Waals surface area (Å²) < 4.78 is 27.2. The third kappa shape index (κ3) is 4.12. The first-order chi connectivity index (χ1) is 15.3. The number of aryl methyl sites for hydroxylation is 1. The number of benzene rings is 2. The summed E-state index contributed by atoms with van der Waals surface area (Å²) in [6.07, 6.45) is 1.99. The van der Waals surface area contributed by atoms with Crippen molar-refractivity contribution in [1.29, 1.82) is 0 Å². The number of carbonyl (C=O) groups excluding carboxylic acids is 1. The molecule has 5 rings (SSSR count). The molecule has 3 heterocycles. The normalized spacial score (nSPS) is 18.7. The molecule has 2 saturated heterocycles. The Morgan fingerprint density at radius 1 is 1.12 bits per heavy atom. The van der Waals surface area contributed by atoms with Gasteiger partial charge in [0.15, 0.2) is 0 Å². The third-order valence-electron chi connectivity index (χ3n) is 6.63. The van der Waals surface area contributed by atoms with Crippen LogP contribution in [0.25, 0.3) is 11.0 Å². The number of rotatable bonds is 5. The molecule has 0 bridgehead atoms.